The lowest BCUT2D eigenvalue weighted by Gasteiger charge is -2.43. The third kappa shape index (κ3) is 5.84. The van der Waals surface area contributed by atoms with Gasteiger partial charge in [-0.15, -0.1) is 5.92 Å². The van der Waals surface area contributed by atoms with Crippen molar-refractivity contribution >= 4 is 0 Å². The lowest BCUT2D eigenvalue weighted by Crippen LogP contribution is -2.35. The van der Waals surface area contributed by atoms with E-state index in [4.69, 9.17) is 0 Å². The molecule has 33 heavy (non-hydrogen) atoms. The summed E-state index contributed by atoms with van der Waals surface area (Å²) in [6, 6.07) is 0. The summed E-state index contributed by atoms with van der Waals surface area (Å²) in [4.78, 5) is 0. The molecule has 0 saturated heterocycles. The molecule has 3 aliphatic carbocycles. The summed E-state index contributed by atoms with van der Waals surface area (Å²) in [5.74, 6) is 8.53. The van der Waals surface area contributed by atoms with Crippen molar-refractivity contribution in [1.82, 2.24) is 0 Å². The molecule has 0 spiro atoms. The summed E-state index contributed by atoms with van der Waals surface area (Å²) in [5.41, 5.74) is 3.01. The summed E-state index contributed by atoms with van der Waals surface area (Å²) in [5, 5.41) is 30.7. The second-order valence-electron chi connectivity index (χ2n) is 11.2. The monoisotopic (exact) mass is 454 g/mol. The van der Waals surface area contributed by atoms with Crippen molar-refractivity contribution in [2.45, 2.75) is 116 Å². The van der Waals surface area contributed by atoms with Crippen LogP contribution in [0.4, 0.5) is 0 Å². The average molecular weight is 455 g/mol. The van der Waals surface area contributed by atoms with E-state index >= 15 is 0 Å². The van der Waals surface area contributed by atoms with Crippen LogP contribution < -0.4 is 0 Å². The maximum absolute atomic E-state index is 10.5. The molecule has 3 nitrogen and oxygen atoms in total. The molecule has 3 saturated carbocycles. The molecule has 0 aromatic heterocycles. The zero-order valence-corrected chi connectivity index (χ0v) is 21.4. The molecule has 0 amide bonds. The van der Waals surface area contributed by atoms with Crippen LogP contribution in [0.2, 0.25) is 0 Å². The van der Waals surface area contributed by atoms with Crippen molar-refractivity contribution in [1.29, 1.82) is 0 Å². The Labute approximate surface area is 202 Å². The van der Waals surface area contributed by atoms with Crippen LogP contribution >= 0.6 is 0 Å². The Kier molecular flexibility index (Phi) is 8.71. The number of aliphatic hydroxyl groups excluding tert-OH is 2. The minimum Gasteiger partial charge on any atom is -0.393 e. The summed E-state index contributed by atoms with van der Waals surface area (Å²) >= 11 is 0. The number of rotatable bonds is 6. The van der Waals surface area contributed by atoms with Crippen molar-refractivity contribution in [2.24, 2.45) is 23.2 Å². The van der Waals surface area contributed by atoms with Gasteiger partial charge in [0.15, 0.2) is 0 Å². The van der Waals surface area contributed by atoms with Crippen molar-refractivity contribution in [2.75, 3.05) is 0 Å². The minimum absolute atomic E-state index is 0.285. The highest BCUT2D eigenvalue weighted by atomic mass is 16.3. The van der Waals surface area contributed by atoms with E-state index in [1.165, 1.54) is 31.3 Å². The summed E-state index contributed by atoms with van der Waals surface area (Å²) in [6.07, 6.45) is 13.5. The SMILES string of the molecule is C=C1/C(=C/C=C2\CCC[C@]3(C)[C@@H]([C@@H](C)C#CCCC(O)(CC)CC)CC[C@@H]23)C[C@@H](O)C[C@@H]1O. The van der Waals surface area contributed by atoms with Crippen LogP contribution in [-0.2, 0) is 0 Å². The van der Waals surface area contributed by atoms with Gasteiger partial charge in [-0.05, 0) is 86.2 Å². The predicted octanol–water partition coefficient (Wildman–Crippen LogP) is 6.10. The van der Waals surface area contributed by atoms with Crippen LogP contribution in [0, 0.1) is 35.0 Å². The van der Waals surface area contributed by atoms with Gasteiger partial charge in [0.1, 0.15) is 0 Å². The topological polar surface area (TPSA) is 60.7 Å². The van der Waals surface area contributed by atoms with Gasteiger partial charge in [-0.25, -0.2) is 0 Å². The first-order valence-corrected chi connectivity index (χ1v) is 13.3. The number of hydrogen-bond acceptors (Lipinski definition) is 3. The minimum atomic E-state index is -0.629. The second-order valence-corrected chi connectivity index (χ2v) is 11.2. The molecule has 3 fully saturated rings. The van der Waals surface area contributed by atoms with E-state index in [1.807, 2.05) is 0 Å². The quantitative estimate of drug-likeness (QED) is 0.425. The molecule has 0 bridgehead atoms. The highest BCUT2D eigenvalue weighted by Crippen LogP contribution is 2.59. The first-order valence-electron chi connectivity index (χ1n) is 13.3. The number of hydrogen-bond donors (Lipinski definition) is 3. The van der Waals surface area contributed by atoms with Gasteiger partial charge in [0.2, 0.25) is 0 Å². The van der Waals surface area contributed by atoms with Crippen LogP contribution in [0.15, 0.2) is 35.5 Å². The normalized spacial score (nSPS) is 35.9. The number of fused-ring (bicyclic) bond motifs is 1. The van der Waals surface area contributed by atoms with Gasteiger partial charge in [0, 0.05) is 18.8 Å². The largest absolute Gasteiger partial charge is 0.393 e. The predicted molar refractivity (Wildman–Crippen MR) is 136 cm³/mol. The van der Waals surface area contributed by atoms with Crippen LogP contribution in [0.1, 0.15) is 98.3 Å². The van der Waals surface area contributed by atoms with E-state index in [0.717, 1.165) is 43.3 Å². The van der Waals surface area contributed by atoms with Crippen LogP contribution in [0.25, 0.3) is 0 Å². The summed E-state index contributed by atoms with van der Waals surface area (Å²) in [7, 11) is 0. The molecule has 3 N–H and O–H groups in total. The molecule has 184 valence electrons. The Morgan fingerprint density at radius 3 is 2.64 bits per heavy atom. The van der Waals surface area contributed by atoms with Gasteiger partial charge in [0.05, 0.1) is 17.8 Å². The molecule has 3 heteroatoms. The maximum Gasteiger partial charge on any atom is 0.0811 e. The van der Waals surface area contributed by atoms with E-state index < -0.39 is 17.8 Å². The van der Waals surface area contributed by atoms with Crippen LogP contribution in [0.5, 0.6) is 0 Å². The smallest absolute Gasteiger partial charge is 0.0811 e. The van der Waals surface area contributed by atoms with Crippen molar-refractivity contribution in [3.63, 3.8) is 0 Å². The van der Waals surface area contributed by atoms with Crippen molar-refractivity contribution < 1.29 is 15.3 Å². The molecule has 0 heterocycles. The zero-order valence-electron chi connectivity index (χ0n) is 21.4. The fraction of sp³-hybridized carbons (Fsp3) is 0.733. The van der Waals surface area contributed by atoms with Crippen molar-refractivity contribution in [3.8, 4) is 11.8 Å². The van der Waals surface area contributed by atoms with Gasteiger partial charge in [-0.1, -0.05) is 57.9 Å². The molecule has 6 atom stereocenters. The van der Waals surface area contributed by atoms with E-state index in [9.17, 15) is 15.3 Å². The van der Waals surface area contributed by atoms with E-state index in [-0.39, 0.29) is 5.41 Å². The molecule has 0 aromatic carbocycles. The maximum atomic E-state index is 10.5. The van der Waals surface area contributed by atoms with Gasteiger partial charge in [0.25, 0.3) is 0 Å². The lowest BCUT2D eigenvalue weighted by molar-refractivity contribution is 0.0251. The Morgan fingerprint density at radius 2 is 1.94 bits per heavy atom. The molecular weight excluding hydrogens is 408 g/mol. The standard InChI is InChI=1S/C30H46O3/c1-6-30(33,7-2)18-9-8-11-21(3)26-15-16-27-23(12-10-17-29(26,27)5)13-14-24-19-25(31)20-28(32)22(24)4/h13-14,21,25-28,31-33H,4,6-7,9-10,12,15-20H2,1-3,5H3/b23-13+,24-14+/t21-,25+,26+,27-,28-,29+/m0/s1. The van der Waals surface area contributed by atoms with Gasteiger partial charge >= 0.3 is 0 Å². The Bertz CT molecular complexity index is 821. The Morgan fingerprint density at radius 1 is 1.21 bits per heavy atom. The van der Waals surface area contributed by atoms with Crippen LogP contribution in [0.3, 0.4) is 0 Å². The Balaban J connectivity index is 1.69. The molecule has 0 radical (unpaired) electrons. The van der Waals surface area contributed by atoms with E-state index in [2.05, 4.69) is 58.3 Å². The fourth-order valence-corrected chi connectivity index (χ4v) is 6.80. The Hall–Kier alpha value is -1.34. The highest BCUT2D eigenvalue weighted by molar-refractivity contribution is 5.38. The fourth-order valence-electron chi connectivity index (χ4n) is 6.80. The molecule has 0 unspecified atom stereocenters. The molecule has 3 rings (SSSR count). The zero-order chi connectivity index (χ0) is 24.2. The molecule has 3 aliphatic rings. The van der Waals surface area contributed by atoms with Crippen LogP contribution in [-0.4, -0.2) is 33.1 Å². The third-order valence-corrected chi connectivity index (χ3v) is 9.27. The first-order chi connectivity index (χ1) is 15.6. The molecule has 0 aromatic rings. The summed E-state index contributed by atoms with van der Waals surface area (Å²) in [6.45, 7) is 12.9. The highest BCUT2D eigenvalue weighted by Gasteiger charge is 2.50. The average Bonchev–Trinajstić information content (AvgIpc) is 3.15. The van der Waals surface area contributed by atoms with Gasteiger partial charge in [-0.2, -0.15) is 0 Å². The lowest BCUT2D eigenvalue weighted by atomic mass is 9.61. The van der Waals surface area contributed by atoms with Gasteiger partial charge in [-0.3, -0.25) is 0 Å². The van der Waals surface area contributed by atoms with Crippen molar-refractivity contribution in [3.05, 3.63) is 35.5 Å². The molecule has 0 aliphatic heterocycles. The van der Waals surface area contributed by atoms with E-state index in [1.54, 1.807) is 0 Å². The first kappa shape index (κ1) is 26.3. The second kappa shape index (κ2) is 10.9. The van der Waals surface area contributed by atoms with E-state index in [0.29, 0.717) is 30.6 Å². The number of allylic oxidation sites excluding steroid dienone is 3. The molecular formula is C30H46O3. The summed E-state index contributed by atoms with van der Waals surface area (Å²) < 4.78 is 0. The van der Waals surface area contributed by atoms with Gasteiger partial charge < -0.3 is 15.3 Å². The third-order valence-electron chi connectivity index (χ3n) is 9.27. The number of aliphatic hydroxyl groups is 3.